The second-order valence-corrected chi connectivity index (χ2v) is 4.52. The van der Waals surface area contributed by atoms with Gasteiger partial charge in [0.2, 0.25) is 0 Å². The molecule has 0 aromatic heterocycles. The summed E-state index contributed by atoms with van der Waals surface area (Å²) in [5.41, 5.74) is 1.41. The molecule has 2 heteroatoms. The number of hydrogen-bond acceptors (Lipinski definition) is 2. The van der Waals surface area contributed by atoms with Crippen LogP contribution in [0.2, 0.25) is 0 Å². The van der Waals surface area contributed by atoms with Gasteiger partial charge in [0.1, 0.15) is 6.10 Å². The Bertz CT molecular complexity index is 242. The second kappa shape index (κ2) is 2.82. The van der Waals surface area contributed by atoms with Gasteiger partial charge in [0.15, 0.2) is 5.79 Å². The van der Waals surface area contributed by atoms with Crippen molar-refractivity contribution in [3.8, 4) is 0 Å². The van der Waals surface area contributed by atoms with Crippen molar-refractivity contribution in [1.29, 1.82) is 0 Å². The van der Waals surface area contributed by atoms with E-state index in [9.17, 15) is 0 Å². The zero-order valence-corrected chi connectivity index (χ0v) is 8.83. The van der Waals surface area contributed by atoms with Gasteiger partial charge in [0.25, 0.3) is 0 Å². The Balaban J connectivity index is 2.20. The fourth-order valence-electron chi connectivity index (χ4n) is 2.50. The number of ether oxygens (including phenoxy) is 2. The second-order valence-electron chi connectivity index (χ2n) is 4.52. The van der Waals surface area contributed by atoms with Crippen molar-refractivity contribution in [3.05, 3.63) is 11.6 Å². The van der Waals surface area contributed by atoms with Gasteiger partial charge in [-0.05, 0) is 38.7 Å². The van der Waals surface area contributed by atoms with E-state index in [1.807, 2.05) is 13.8 Å². The standard InChI is InChI=1S/C11H18O2/c1-5-8-7(2)6-9-10(8)13-11(3,4)12-9/h5,7,9-10H,6H2,1-4H3/t7-,9-,10+/m1/s1. The minimum absolute atomic E-state index is 0.218. The lowest BCUT2D eigenvalue weighted by Gasteiger charge is -2.20. The van der Waals surface area contributed by atoms with E-state index in [4.69, 9.17) is 9.47 Å². The van der Waals surface area contributed by atoms with Crippen molar-refractivity contribution in [2.75, 3.05) is 0 Å². The normalized spacial score (nSPS) is 45.5. The highest BCUT2D eigenvalue weighted by Gasteiger charge is 2.48. The molecule has 0 unspecified atom stereocenters. The molecule has 0 aromatic rings. The lowest BCUT2D eigenvalue weighted by molar-refractivity contribution is -0.148. The average Bonchev–Trinajstić information content (AvgIpc) is 2.39. The molecule has 2 rings (SSSR count). The fraction of sp³-hybridized carbons (Fsp3) is 0.818. The molecule has 0 radical (unpaired) electrons. The van der Waals surface area contributed by atoms with Crippen LogP contribution in [0.15, 0.2) is 11.6 Å². The smallest absolute Gasteiger partial charge is 0.164 e. The Labute approximate surface area is 79.9 Å². The van der Waals surface area contributed by atoms with Crippen molar-refractivity contribution >= 4 is 0 Å². The van der Waals surface area contributed by atoms with Crippen LogP contribution in [0.1, 0.15) is 34.1 Å². The van der Waals surface area contributed by atoms with Gasteiger partial charge < -0.3 is 9.47 Å². The summed E-state index contributed by atoms with van der Waals surface area (Å²) in [6.45, 7) is 8.31. The van der Waals surface area contributed by atoms with Crippen molar-refractivity contribution in [2.45, 2.75) is 52.1 Å². The van der Waals surface area contributed by atoms with Gasteiger partial charge >= 0.3 is 0 Å². The van der Waals surface area contributed by atoms with Crippen LogP contribution in [0.3, 0.4) is 0 Å². The largest absolute Gasteiger partial charge is 0.344 e. The van der Waals surface area contributed by atoms with Crippen molar-refractivity contribution < 1.29 is 9.47 Å². The molecule has 1 aliphatic heterocycles. The minimum atomic E-state index is -0.385. The van der Waals surface area contributed by atoms with Gasteiger partial charge in [-0.3, -0.25) is 0 Å². The molecule has 74 valence electrons. The summed E-state index contributed by atoms with van der Waals surface area (Å²) in [7, 11) is 0. The highest BCUT2D eigenvalue weighted by atomic mass is 16.8. The molecule has 1 saturated carbocycles. The van der Waals surface area contributed by atoms with Gasteiger partial charge in [0.05, 0.1) is 6.10 Å². The topological polar surface area (TPSA) is 18.5 Å². The van der Waals surface area contributed by atoms with Gasteiger partial charge in [-0.25, -0.2) is 0 Å². The lowest BCUT2D eigenvalue weighted by Crippen LogP contribution is -2.23. The molecular weight excluding hydrogens is 164 g/mol. The van der Waals surface area contributed by atoms with Crippen LogP contribution in [0.25, 0.3) is 0 Å². The van der Waals surface area contributed by atoms with Crippen LogP contribution in [0.5, 0.6) is 0 Å². The van der Waals surface area contributed by atoms with Crippen LogP contribution in [0, 0.1) is 5.92 Å². The van der Waals surface area contributed by atoms with Crippen LogP contribution < -0.4 is 0 Å². The SMILES string of the molecule is CC=C1[C@H](C)C[C@H]2OC(C)(C)O[C@@H]12. The molecule has 2 fully saturated rings. The van der Waals surface area contributed by atoms with Crippen LogP contribution in [-0.4, -0.2) is 18.0 Å². The Morgan fingerprint density at radius 2 is 2.08 bits per heavy atom. The van der Waals surface area contributed by atoms with Crippen molar-refractivity contribution in [2.24, 2.45) is 5.92 Å². The summed E-state index contributed by atoms with van der Waals surface area (Å²) in [6, 6.07) is 0. The van der Waals surface area contributed by atoms with Crippen LogP contribution in [-0.2, 0) is 9.47 Å². The van der Waals surface area contributed by atoms with Crippen molar-refractivity contribution in [3.63, 3.8) is 0 Å². The monoisotopic (exact) mass is 182 g/mol. The average molecular weight is 182 g/mol. The van der Waals surface area contributed by atoms with E-state index in [1.54, 1.807) is 0 Å². The van der Waals surface area contributed by atoms with Gasteiger partial charge in [0, 0.05) is 0 Å². The summed E-state index contributed by atoms with van der Waals surface area (Å²) in [6.07, 6.45) is 3.79. The first-order valence-corrected chi connectivity index (χ1v) is 5.05. The third-order valence-corrected chi connectivity index (χ3v) is 3.00. The quantitative estimate of drug-likeness (QED) is 0.536. The maximum absolute atomic E-state index is 5.86. The van der Waals surface area contributed by atoms with Crippen LogP contribution >= 0.6 is 0 Å². The fourth-order valence-corrected chi connectivity index (χ4v) is 2.50. The predicted octanol–water partition coefficient (Wildman–Crippen LogP) is 2.49. The third kappa shape index (κ3) is 1.42. The molecule has 0 bridgehead atoms. The lowest BCUT2D eigenvalue weighted by atomic mass is 10.0. The molecular formula is C11H18O2. The Morgan fingerprint density at radius 1 is 1.38 bits per heavy atom. The van der Waals surface area contributed by atoms with E-state index in [2.05, 4.69) is 19.9 Å². The minimum Gasteiger partial charge on any atom is -0.344 e. The summed E-state index contributed by atoms with van der Waals surface area (Å²) >= 11 is 0. The molecule has 1 heterocycles. The zero-order chi connectivity index (χ0) is 9.64. The maximum atomic E-state index is 5.86. The van der Waals surface area contributed by atoms with Gasteiger partial charge in [-0.1, -0.05) is 13.0 Å². The zero-order valence-electron chi connectivity index (χ0n) is 8.83. The first-order valence-electron chi connectivity index (χ1n) is 5.05. The molecule has 0 spiro atoms. The summed E-state index contributed by atoms with van der Waals surface area (Å²) < 4.78 is 11.7. The molecule has 0 N–H and O–H groups in total. The first kappa shape index (κ1) is 9.22. The predicted molar refractivity (Wildman–Crippen MR) is 51.4 cm³/mol. The summed E-state index contributed by atoms with van der Waals surface area (Å²) in [5, 5.41) is 0. The molecule has 0 aromatic carbocycles. The molecule has 0 amide bonds. The molecule has 2 aliphatic rings. The Kier molecular flexibility index (Phi) is 2.00. The molecule has 3 atom stereocenters. The molecule has 2 nitrogen and oxygen atoms in total. The number of hydrogen-bond donors (Lipinski definition) is 0. The Hall–Kier alpha value is -0.340. The first-order chi connectivity index (χ1) is 6.03. The third-order valence-electron chi connectivity index (χ3n) is 3.00. The Morgan fingerprint density at radius 3 is 2.69 bits per heavy atom. The van der Waals surface area contributed by atoms with E-state index < -0.39 is 0 Å². The van der Waals surface area contributed by atoms with E-state index in [0.717, 1.165) is 6.42 Å². The molecule has 1 aliphatic carbocycles. The van der Waals surface area contributed by atoms with Crippen molar-refractivity contribution in [1.82, 2.24) is 0 Å². The molecule has 13 heavy (non-hydrogen) atoms. The van der Waals surface area contributed by atoms with E-state index in [1.165, 1.54) is 5.57 Å². The molecule has 1 saturated heterocycles. The highest BCUT2D eigenvalue weighted by Crippen LogP contribution is 2.43. The van der Waals surface area contributed by atoms with E-state index >= 15 is 0 Å². The summed E-state index contributed by atoms with van der Waals surface area (Å²) in [4.78, 5) is 0. The number of fused-ring (bicyclic) bond motifs is 1. The summed E-state index contributed by atoms with van der Waals surface area (Å²) in [5.74, 6) is 0.236. The van der Waals surface area contributed by atoms with E-state index in [0.29, 0.717) is 5.92 Å². The van der Waals surface area contributed by atoms with E-state index in [-0.39, 0.29) is 18.0 Å². The number of allylic oxidation sites excluding steroid dienone is 1. The van der Waals surface area contributed by atoms with Crippen LogP contribution in [0.4, 0.5) is 0 Å². The maximum Gasteiger partial charge on any atom is 0.164 e. The van der Waals surface area contributed by atoms with Gasteiger partial charge in [-0.15, -0.1) is 0 Å². The van der Waals surface area contributed by atoms with Gasteiger partial charge in [-0.2, -0.15) is 0 Å². The number of rotatable bonds is 0. The highest BCUT2D eigenvalue weighted by molar-refractivity contribution is 5.21.